The second-order valence-electron chi connectivity index (χ2n) is 7.99. The van der Waals surface area contributed by atoms with Crippen LogP contribution in [0.1, 0.15) is 110 Å². The summed E-state index contributed by atoms with van der Waals surface area (Å²) in [4.78, 5) is 0. The SMILES string of the molecule is CC(CCCCCC1CCCCC1)CC1CCCCC1. The average Bonchev–Trinajstić information content (AvgIpc) is 2.49. The molecular formula is C20H38. The van der Waals surface area contributed by atoms with Gasteiger partial charge in [0.2, 0.25) is 0 Å². The Kier molecular flexibility index (Phi) is 8.06. The molecule has 2 aliphatic rings. The summed E-state index contributed by atoms with van der Waals surface area (Å²) in [6, 6.07) is 0. The first-order valence-corrected chi connectivity index (χ1v) is 9.84. The van der Waals surface area contributed by atoms with Crippen LogP contribution in [-0.2, 0) is 0 Å². The lowest BCUT2D eigenvalue weighted by atomic mass is 9.81. The molecule has 1 atom stereocenters. The molecule has 0 radical (unpaired) electrons. The predicted octanol–water partition coefficient (Wildman–Crippen LogP) is 7.12. The highest BCUT2D eigenvalue weighted by Gasteiger charge is 2.16. The van der Waals surface area contributed by atoms with Gasteiger partial charge in [-0.05, 0) is 24.2 Å². The number of unbranched alkanes of at least 4 members (excludes halogenated alkanes) is 2. The van der Waals surface area contributed by atoms with Crippen LogP contribution in [0.25, 0.3) is 0 Å². The quantitative estimate of drug-likeness (QED) is 0.414. The first-order chi connectivity index (χ1) is 9.84. The molecule has 0 nitrogen and oxygen atoms in total. The lowest BCUT2D eigenvalue weighted by Crippen LogP contribution is -2.10. The minimum Gasteiger partial charge on any atom is -0.0625 e. The smallest absolute Gasteiger partial charge is 0.0412 e. The van der Waals surface area contributed by atoms with E-state index in [0.29, 0.717) is 0 Å². The van der Waals surface area contributed by atoms with Crippen LogP contribution in [0.15, 0.2) is 0 Å². The zero-order valence-corrected chi connectivity index (χ0v) is 14.0. The van der Waals surface area contributed by atoms with Crippen molar-refractivity contribution in [2.45, 2.75) is 110 Å². The highest BCUT2D eigenvalue weighted by molar-refractivity contribution is 4.69. The van der Waals surface area contributed by atoms with E-state index in [1.165, 1.54) is 103 Å². The topological polar surface area (TPSA) is 0 Å². The molecule has 0 bridgehead atoms. The highest BCUT2D eigenvalue weighted by Crippen LogP contribution is 2.31. The maximum absolute atomic E-state index is 2.51. The third-order valence-corrected chi connectivity index (χ3v) is 5.99. The lowest BCUT2D eigenvalue weighted by molar-refractivity contribution is 0.283. The van der Waals surface area contributed by atoms with E-state index in [2.05, 4.69) is 6.92 Å². The monoisotopic (exact) mass is 278 g/mol. The van der Waals surface area contributed by atoms with Gasteiger partial charge in [-0.1, -0.05) is 103 Å². The van der Waals surface area contributed by atoms with Crippen molar-refractivity contribution in [3.8, 4) is 0 Å². The van der Waals surface area contributed by atoms with Gasteiger partial charge in [0.1, 0.15) is 0 Å². The van der Waals surface area contributed by atoms with E-state index in [4.69, 9.17) is 0 Å². The Hall–Kier alpha value is 0. The van der Waals surface area contributed by atoms with Gasteiger partial charge in [-0.25, -0.2) is 0 Å². The number of hydrogen-bond acceptors (Lipinski definition) is 0. The van der Waals surface area contributed by atoms with Crippen molar-refractivity contribution in [3.05, 3.63) is 0 Å². The van der Waals surface area contributed by atoms with E-state index in [1.54, 1.807) is 0 Å². The molecule has 118 valence electrons. The van der Waals surface area contributed by atoms with Gasteiger partial charge in [0.15, 0.2) is 0 Å². The van der Waals surface area contributed by atoms with Crippen molar-refractivity contribution in [2.75, 3.05) is 0 Å². The highest BCUT2D eigenvalue weighted by atomic mass is 14.2. The minimum absolute atomic E-state index is 0.993. The summed E-state index contributed by atoms with van der Waals surface area (Å²) < 4.78 is 0. The molecule has 0 spiro atoms. The molecule has 1 unspecified atom stereocenters. The predicted molar refractivity (Wildman–Crippen MR) is 90.0 cm³/mol. The van der Waals surface area contributed by atoms with Crippen LogP contribution in [0, 0.1) is 17.8 Å². The van der Waals surface area contributed by atoms with E-state index in [1.807, 2.05) is 0 Å². The van der Waals surface area contributed by atoms with Crippen LogP contribution < -0.4 is 0 Å². The van der Waals surface area contributed by atoms with Gasteiger partial charge in [0.05, 0.1) is 0 Å². The van der Waals surface area contributed by atoms with E-state index in [-0.39, 0.29) is 0 Å². The molecule has 2 fully saturated rings. The third kappa shape index (κ3) is 6.64. The number of rotatable bonds is 8. The molecule has 0 aromatic heterocycles. The summed E-state index contributed by atoms with van der Waals surface area (Å²) in [6.07, 6.45) is 24.3. The van der Waals surface area contributed by atoms with Crippen molar-refractivity contribution >= 4 is 0 Å². The van der Waals surface area contributed by atoms with Gasteiger partial charge >= 0.3 is 0 Å². The van der Waals surface area contributed by atoms with Gasteiger partial charge in [-0.15, -0.1) is 0 Å². The van der Waals surface area contributed by atoms with E-state index in [0.717, 1.165) is 17.8 Å². The summed E-state index contributed by atoms with van der Waals surface area (Å²) in [5.41, 5.74) is 0. The van der Waals surface area contributed by atoms with Crippen LogP contribution in [-0.4, -0.2) is 0 Å². The lowest BCUT2D eigenvalue weighted by Gasteiger charge is -2.24. The molecule has 20 heavy (non-hydrogen) atoms. The average molecular weight is 279 g/mol. The Bertz CT molecular complexity index is 220. The fourth-order valence-electron chi connectivity index (χ4n) is 4.69. The first kappa shape index (κ1) is 16.4. The van der Waals surface area contributed by atoms with Crippen molar-refractivity contribution in [1.29, 1.82) is 0 Å². The second-order valence-corrected chi connectivity index (χ2v) is 7.99. The molecule has 0 saturated heterocycles. The Morgan fingerprint density at radius 3 is 1.95 bits per heavy atom. The van der Waals surface area contributed by atoms with Gasteiger partial charge in [-0.2, -0.15) is 0 Å². The van der Waals surface area contributed by atoms with E-state index in [9.17, 15) is 0 Å². The molecule has 0 aliphatic heterocycles. The zero-order chi connectivity index (χ0) is 14.0. The van der Waals surface area contributed by atoms with Crippen LogP contribution in [0.3, 0.4) is 0 Å². The van der Waals surface area contributed by atoms with Gasteiger partial charge in [0.25, 0.3) is 0 Å². The van der Waals surface area contributed by atoms with Crippen LogP contribution in [0.2, 0.25) is 0 Å². The molecule has 0 aromatic rings. The van der Waals surface area contributed by atoms with Crippen LogP contribution >= 0.6 is 0 Å². The van der Waals surface area contributed by atoms with Gasteiger partial charge < -0.3 is 0 Å². The normalized spacial score (nSPS) is 23.9. The van der Waals surface area contributed by atoms with Gasteiger partial charge in [0, 0.05) is 0 Å². The Labute approximate surface area is 128 Å². The Balaban J connectivity index is 1.43. The van der Waals surface area contributed by atoms with Crippen LogP contribution in [0.4, 0.5) is 0 Å². The standard InChI is InChI=1S/C20H38/c1-18(17-20-15-9-4-10-16-20)11-5-2-6-12-19-13-7-3-8-14-19/h18-20H,2-17H2,1H3. The molecule has 0 amide bonds. The third-order valence-electron chi connectivity index (χ3n) is 5.99. The Morgan fingerprint density at radius 2 is 1.30 bits per heavy atom. The van der Waals surface area contributed by atoms with Gasteiger partial charge in [-0.3, -0.25) is 0 Å². The maximum atomic E-state index is 2.51. The van der Waals surface area contributed by atoms with Crippen molar-refractivity contribution in [3.63, 3.8) is 0 Å². The zero-order valence-electron chi connectivity index (χ0n) is 14.0. The summed E-state index contributed by atoms with van der Waals surface area (Å²) in [6.45, 7) is 2.51. The van der Waals surface area contributed by atoms with Crippen molar-refractivity contribution in [1.82, 2.24) is 0 Å². The van der Waals surface area contributed by atoms with Crippen molar-refractivity contribution in [2.24, 2.45) is 17.8 Å². The molecule has 0 aromatic carbocycles. The van der Waals surface area contributed by atoms with E-state index < -0.39 is 0 Å². The fourth-order valence-corrected chi connectivity index (χ4v) is 4.69. The largest absolute Gasteiger partial charge is 0.0625 e. The fraction of sp³-hybridized carbons (Fsp3) is 1.00. The second kappa shape index (κ2) is 9.85. The molecule has 2 rings (SSSR count). The molecule has 0 N–H and O–H groups in total. The molecule has 2 saturated carbocycles. The summed E-state index contributed by atoms with van der Waals surface area (Å²) in [5.74, 6) is 3.18. The summed E-state index contributed by atoms with van der Waals surface area (Å²) in [5, 5.41) is 0. The molecule has 0 heterocycles. The summed E-state index contributed by atoms with van der Waals surface area (Å²) in [7, 11) is 0. The summed E-state index contributed by atoms with van der Waals surface area (Å²) >= 11 is 0. The molecular weight excluding hydrogens is 240 g/mol. The molecule has 0 heteroatoms. The first-order valence-electron chi connectivity index (χ1n) is 9.84. The van der Waals surface area contributed by atoms with E-state index >= 15 is 0 Å². The van der Waals surface area contributed by atoms with Crippen molar-refractivity contribution < 1.29 is 0 Å². The van der Waals surface area contributed by atoms with Crippen LogP contribution in [0.5, 0.6) is 0 Å². The number of hydrogen-bond donors (Lipinski definition) is 0. The maximum Gasteiger partial charge on any atom is -0.0412 e. The Morgan fingerprint density at radius 1 is 0.700 bits per heavy atom. The molecule has 2 aliphatic carbocycles. The minimum atomic E-state index is 0.993.